The number of fused-ring (bicyclic) bond motifs is 1. The molecule has 1 saturated heterocycles. The maximum absolute atomic E-state index is 13.0. The highest BCUT2D eigenvalue weighted by Crippen LogP contribution is 2.26. The number of anilines is 1. The summed E-state index contributed by atoms with van der Waals surface area (Å²) in [6, 6.07) is 13.8. The van der Waals surface area contributed by atoms with Crippen LogP contribution in [0.25, 0.3) is 11.7 Å². The van der Waals surface area contributed by atoms with Crippen molar-refractivity contribution in [1.82, 2.24) is 19.8 Å². The van der Waals surface area contributed by atoms with E-state index in [4.69, 9.17) is 0 Å². The van der Waals surface area contributed by atoms with E-state index in [1.807, 2.05) is 36.4 Å². The monoisotopic (exact) mass is 341 g/mol. The van der Waals surface area contributed by atoms with Crippen molar-refractivity contribution in [2.75, 3.05) is 11.4 Å². The van der Waals surface area contributed by atoms with E-state index >= 15 is 0 Å². The largest absolute Gasteiger partial charge is 0.349 e. The zero-order valence-corrected chi connectivity index (χ0v) is 13.5. The smallest absolute Gasteiger partial charge is 0.299 e. The third-order valence-corrected chi connectivity index (χ3v) is 4.37. The maximum atomic E-state index is 13.0. The molecule has 1 aliphatic rings. The summed E-state index contributed by atoms with van der Waals surface area (Å²) in [5.41, 5.74) is 1.46. The first-order valence-corrected chi connectivity index (χ1v) is 8.23. The molecule has 0 saturated carbocycles. The number of rotatable bonds is 4. The molecule has 1 aliphatic heterocycles. The van der Waals surface area contributed by atoms with Gasteiger partial charge in [0.2, 0.25) is 5.82 Å². The molecule has 1 aromatic carbocycles. The third-order valence-electron chi connectivity index (χ3n) is 4.37. The van der Waals surface area contributed by atoms with Gasteiger partial charge in [0.1, 0.15) is 5.82 Å². The Balaban J connectivity index is 1.62. The van der Waals surface area contributed by atoms with Crippen LogP contribution in [0.15, 0.2) is 48.5 Å². The molecule has 5 nitrogen and oxygen atoms in total. The summed E-state index contributed by atoms with van der Waals surface area (Å²) in [7, 11) is 0. The first kappa shape index (κ1) is 15.7. The van der Waals surface area contributed by atoms with Gasteiger partial charge in [-0.15, -0.1) is 15.3 Å². The molecule has 0 bridgehead atoms. The minimum absolute atomic E-state index is 0.191. The van der Waals surface area contributed by atoms with Gasteiger partial charge in [-0.1, -0.05) is 42.5 Å². The molecule has 7 heteroatoms. The summed E-state index contributed by atoms with van der Waals surface area (Å²) in [6.07, 6.45) is 3.57. The van der Waals surface area contributed by atoms with Crippen LogP contribution in [0.5, 0.6) is 0 Å². The van der Waals surface area contributed by atoms with Crippen LogP contribution in [0.4, 0.5) is 14.6 Å². The van der Waals surface area contributed by atoms with Crippen LogP contribution in [0, 0.1) is 0 Å². The Morgan fingerprint density at radius 3 is 2.72 bits per heavy atom. The quantitative estimate of drug-likeness (QED) is 0.725. The van der Waals surface area contributed by atoms with Gasteiger partial charge in [-0.2, -0.15) is 4.52 Å². The summed E-state index contributed by atoms with van der Waals surface area (Å²) in [6.45, 7) is 0.842. The Morgan fingerprint density at radius 2 is 1.92 bits per heavy atom. The SMILES string of the molecule is FC(F)c1nnc2ccc(N3CCCC3C=Cc3ccccc3)nn12. The molecule has 1 atom stereocenters. The van der Waals surface area contributed by atoms with Gasteiger partial charge >= 0.3 is 0 Å². The molecule has 25 heavy (non-hydrogen) atoms. The van der Waals surface area contributed by atoms with Crippen LogP contribution in [-0.4, -0.2) is 32.4 Å². The molecule has 1 unspecified atom stereocenters. The van der Waals surface area contributed by atoms with Crippen molar-refractivity contribution in [3.63, 3.8) is 0 Å². The average molecular weight is 341 g/mol. The minimum Gasteiger partial charge on any atom is -0.349 e. The van der Waals surface area contributed by atoms with Crippen LogP contribution < -0.4 is 4.90 Å². The van der Waals surface area contributed by atoms with E-state index in [0.29, 0.717) is 11.5 Å². The fourth-order valence-corrected chi connectivity index (χ4v) is 3.15. The van der Waals surface area contributed by atoms with E-state index in [9.17, 15) is 8.78 Å². The lowest BCUT2D eigenvalue weighted by atomic mass is 10.1. The van der Waals surface area contributed by atoms with Crippen LogP contribution in [0.3, 0.4) is 0 Å². The molecule has 0 aliphatic carbocycles. The van der Waals surface area contributed by atoms with E-state index < -0.39 is 12.2 Å². The predicted molar refractivity (Wildman–Crippen MR) is 91.6 cm³/mol. The van der Waals surface area contributed by atoms with E-state index in [2.05, 4.69) is 32.3 Å². The Kier molecular flexibility index (Phi) is 4.13. The molecule has 0 amide bonds. The van der Waals surface area contributed by atoms with Gasteiger partial charge in [0.25, 0.3) is 6.43 Å². The lowest BCUT2D eigenvalue weighted by Gasteiger charge is -2.23. The molecule has 3 heterocycles. The fraction of sp³-hybridized carbons (Fsp3) is 0.278. The van der Waals surface area contributed by atoms with E-state index in [1.54, 1.807) is 6.07 Å². The molecular formula is C18H17F2N5. The Bertz CT molecular complexity index is 891. The molecule has 1 fully saturated rings. The molecular weight excluding hydrogens is 324 g/mol. The zero-order valence-electron chi connectivity index (χ0n) is 13.5. The first-order valence-electron chi connectivity index (χ1n) is 8.23. The number of nitrogens with zero attached hydrogens (tertiary/aromatic N) is 5. The molecule has 3 aromatic rings. The van der Waals surface area contributed by atoms with Gasteiger partial charge in [-0.05, 0) is 30.5 Å². The molecule has 0 N–H and O–H groups in total. The van der Waals surface area contributed by atoms with Crippen molar-refractivity contribution >= 4 is 17.5 Å². The zero-order chi connectivity index (χ0) is 17.2. The summed E-state index contributed by atoms with van der Waals surface area (Å²) in [5.74, 6) is 0.238. The first-order chi connectivity index (χ1) is 12.2. The fourth-order valence-electron chi connectivity index (χ4n) is 3.15. The van der Waals surface area contributed by atoms with Gasteiger partial charge in [0.15, 0.2) is 5.65 Å². The summed E-state index contributed by atoms with van der Waals surface area (Å²) in [4.78, 5) is 2.13. The van der Waals surface area contributed by atoms with Gasteiger partial charge in [0.05, 0.1) is 0 Å². The lowest BCUT2D eigenvalue weighted by molar-refractivity contribution is 0.137. The summed E-state index contributed by atoms with van der Waals surface area (Å²) in [5, 5.41) is 11.6. The topological polar surface area (TPSA) is 46.3 Å². The molecule has 2 aromatic heterocycles. The Labute approximate surface area is 143 Å². The molecule has 0 spiro atoms. The third kappa shape index (κ3) is 3.09. The average Bonchev–Trinajstić information content (AvgIpc) is 3.27. The van der Waals surface area contributed by atoms with Gasteiger partial charge in [0, 0.05) is 12.6 Å². The number of aromatic nitrogens is 4. The Morgan fingerprint density at radius 1 is 1.08 bits per heavy atom. The second-order valence-corrected chi connectivity index (χ2v) is 5.99. The normalized spacial score (nSPS) is 18.0. The van der Waals surface area contributed by atoms with Crippen molar-refractivity contribution in [2.45, 2.75) is 25.3 Å². The summed E-state index contributed by atoms with van der Waals surface area (Å²) >= 11 is 0. The van der Waals surface area contributed by atoms with Crippen LogP contribution in [-0.2, 0) is 0 Å². The second-order valence-electron chi connectivity index (χ2n) is 5.99. The number of benzene rings is 1. The van der Waals surface area contributed by atoms with E-state index in [-0.39, 0.29) is 6.04 Å². The Hall–Kier alpha value is -2.83. The second kappa shape index (κ2) is 6.58. The van der Waals surface area contributed by atoms with Crippen molar-refractivity contribution in [3.05, 3.63) is 59.9 Å². The van der Waals surface area contributed by atoms with Crippen LogP contribution >= 0.6 is 0 Å². The highest BCUT2D eigenvalue weighted by atomic mass is 19.3. The maximum Gasteiger partial charge on any atom is 0.299 e. The molecule has 128 valence electrons. The van der Waals surface area contributed by atoms with Crippen molar-refractivity contribution in [1.29, 1.82) is 0 Å². The van der Waals surface area contributed by atoms with Crippen molar-refractivity contribution in [2.24, 2.45) is 0 Å². The minimum atomic E-state index is -2.70. The number of alkyl halides is 2. The van der Waals surface area contributed by atoms with Gasteiger partial charge < -0.3 is 4.90 Å². The van der Waals surface area contributed by atoms with Crippen molar-refractivity contribution < 1.29 is 8.78 Å². The predicted octanol–water partition coefficient (Wildman–Crippen LogP) is 3.74. The van der Waals surface area contributed by atoms with E-state index in [0.717, 1.165) is 29.5 Å². The highest BCUT2D eigenvalue weighted by molar-refractivity contribution is 5.53. The van der Waals surface area contributed by atoms with Gasteiger partial charge in [-0.3, -0.25) is 0 Å². The standard InChI is InChI=1S/C18H17F2N5/c19-17(20)18-22-21-15-10-11-16(23-25(15)18)24-12-4-7-14(24)9-8-13-5-2-1-3-6-13/h1-3,5-6,8-11,14,17H,4,7,12H2. The highest BCUT2D eigenvalue weighted by Gasteiger charge is 2.25. The van der Waals surface area contributed by atoms with Crippen LogP contribution in [0.1, 0.15) is 30.7 Å². The number of hydrogen-bond acceptors (Lipinski definition) is 4. The lowest BCUT2D eigenvalue weighted by Crippen LogP contribution is -2.28. The van der Waals surface area contributed by atoms with Crippen molar-refractivity contribution in [3.8, 4) is 0 Å². The number of halogens is 2. The van der Waals surface area contributed by atoms with Crippen LogP contribution in [0.2, 0.25) is 0 Å². The van der Waals surface area contributed by atoms with E-state index in [1.165, 1.54) is 0 Å². The molecule has 4 rings (SSSR count). The number of hydrogen-bond donors (Lipinski definition) is 0. The molecule has 0 radical (unpaired) electrons. The van der Waals surface area contributed by atoms with Gasteiger partial charge in [-0.25, -0.2) is 8.78 Å². The summed E-state index contributed by atoms with van der Waals surface area (Å²) < 4.78 is 27.2.